The second kappa shape index (κ2) is 8.15. The zero-order chi connectivity index (χ0) is 23.1. The zero-order valence-corrected chi connectivity index (χ0v) is 18.3. The van der Waals surface area contributed by atoms with Gasteiger partial charge in [-0.3, -0.25) is 9.59 Å². The monoisotopic (exact) mass is 449 g/mol. The number of carbonyl (C=O) groups is 2. The maximum absolute atomic E-state index is 13.6. The molecule has 0 saturated carbocycles. The van der Waals surface area contributed by atoms with Crippen LogP contribution >= 0.6 is 0 Å². The minimum Gasteiger partial charge on any atom is -0.388 e. The number of Topliss-reactive ketones (excluding diaryl/α,β-unsaturated/α-hetero) is 1. The molecule has 0 aliphatic carbocycles. The number of anilines is 3. The second-order valence-electron chi connectivity index (χ2n) is 8.17. The first-order valence-electron chi connectivity index (χ1n) is 10.8. The van der Waals surface area contributed by atoms with Gasteiger partial charge in [-0.2, -0.15) is 9.67 Å². The Labute approximate surface area is 189 Å². The quantitative estimate of drug-likeness (QED) is 0.617. The highest BCUT2D eigenvalue weighted by Gasteiger charge is 2.37. The number of fused-ring (bicyclic) bond motifs is 3. The average molecular weight is 449 g/mol. The minimum absolute atomic E-state index is 0.0928. The SMILES string of the molecule is CNc1ncc2c(n1)N1CCC[C@H]1CN(c1cccc(-c3nn(CC(C)=O)c(=O)o3)c1)C2=O. The van der Waals surface area contributed by atoms with Crippen LogP contribution in [0, 0.1) is 0 Å². The van der Waals surface area contributed by atoms with Crippen LogP contribution in [0.3, 0.4) is 0 Å². The van der Waals surface area contributed by atoms with Gasteiger partial charge in [0.2, 0.25) is 11.8 Å². The van der Waals surface area contributed by atoms with Crippen LogP contribution in [0.25, 0.3) is 11.5 Å². The van der Waals surface area contributed by atoms with Crippen LogP contribution < -0.4 is 20.9 Å². The summed E-state index contributed by atoms with van der Waals surface area (Å²) in [6.07, 6.45) is 3.53. The first-order chi connectivity index (χ1) is 15.9. The third-order valence-corrected chi connectivity index (χ3v) is 5.89. The Morgan fingerprint density at radius 3 is 2.94 bits per heavy atom. The molecule has 1 amide bonds. The van der Waals surface area contributed by atoms with Crippen molar-refractivity contribution >= 4 is 29.1 Å². The van der Waals surface area contributed by atoms with Crippen LogP contribution in [0.5, 0.6) is 0 Å². The normalized spacial score (nSPS) is 17.5. The molecule has 1 saturated heterocycles. The summed E-state index contributed by atoms with van der Waals surface area (Å²) >= 11 is 0. The molecular formula is C22H23N7O4. The first kappa shape index (κ1) is 20.9. The van der Waals surface area contributed by atoms with Crippen molar-refractivity contribution in [3.05, 3.63) is 46.6 Å². The van der Waals surface area contributed by atoms with Crippen LogP contribution in [-0.2, 0) is 11.3 Å². The summed E-state index contributed by atoms with van der Waals surface area (Å²) in [5, 5.41) is 7.07. The van der Waals surface area contributed by atoms with E-state index in [0.717, 1.165) is 24.1 Å². The van der Waals surface area contributed by atoms with Gasteiger partial charge in [0.15, 0.2) is 5.78 Å². The smallest absolute Gasteiger partial charge is 0.388 e. The van der Waals surface area contributed by atoms with Crippen molar-refractivity contribution < 1.29 is 14.0 Å². The Hall–Kier alpha value is -4.02. The van der Waals surface area contributed by atoms with E-state index in [0.29, 0.717) is 35.1 Å². The van der Waals surface area contributed by atoms with Gasteiger partial charge in [0, 0.05) is 43.6 Å². The molecule has 1 fully saturated rings. The number of hydrogen-bond donors (Lipinski definition) is 1. The maximum atomic E-state index is 13.6. The topological polar surface area (TPSA) is 126 Å². The molecule has 1 atom stereocenters. The van der Waals surface area contributed by atoms with Crippen LogP contribution in [0.1, 0.15) is 30.1 Å². The van der Waals surface area contributed by atoms with Crippen molar-refractivity contribution in [2.75, 3.05) is 35.3 Å². The summed E-state index contributed by atoms with van der Waals surface area (Å²) in [6, 6.07) is 7.24. The molecule has 33 heavy (non-hydrogen) atoms. The molecule has 0 radical (unpaired) electrons. The molecule has 2 aromatic heterocycles. The van der Waals surface area contributed by atoms with Gasteiger partial charge >= 0.3 is 5.76 Å². The number of aromatic nitrogens is 4. The molecule has 0 unspecified atom stereocenters. The molecule has 1 N–H and O–H groups in total. The number of benzene rings is 1. The van der Waals surface area contributed by atoms with Crippen molar-refractivity contribution in [1.82, 2.24) is 19.7 Å². The van der Waals surface area contributed by atoms with E-state index in [4.69, 9.17) is 4.42 Å². The molecule has 4 heterocycles. The fourth-order valence-corrected chi connectivity index (χ4v) is 4.37. The van der Waals surface area contributed by atoms with Crippen LogP contribution in [0.15, 0.2) is 39.7 Å². The number of nitrogens with zero attached hydrogens (tertiary/aromatic N) is 6. The standard InChI is InChI=1S/C22H23N7O4/c1-13(30)11-29-22(32)33-19(26-29)14-5-3-6-15(9-14)28-12-16-7-4-8-27(16)18-17(20(28)31)10-24-21(23-2)25-18/h3,5-6,9-10,16H,4,7-8,11-12H2,1-2H3,(H,23,24,25)/t16-/m0/s1. The molecule has 11 heteroatoms. The summed E-state index contributed by atoms with van der Waals surface area (Å²) < 4.78 is 6.24. The number of carbonyl (C=O) groups excluding carboxylic acids is 2. The maximum Gasteiger partial charge on any atom is 0.437 e. The highest BCUT2D eigenvalue weighted by molar-refractivity contribution is 6.10. The average Bonchev–Trinajstić information content (AvgIpc) is 3.40. The minimum atomic E-state index is -0.704. The molecule has 11 nitrogen and oxygen atoms in total. The molecule has 170 valence electrons. The lowest BCUT2D eigenvalue weighted by Gasteiger charge is -2.27. The van der Waals surface area contributed by atoms with Crippen molar-refractivity contribution in [2.45, 2.75) is 32.4 Å². The summed E-state index contributed by atoms with van der Waals surface area (Å²) in [4.78, 5) is 49.7. The molecule has 0 bridgehead atoms. The van der Waals surface area contributed by atoms with E-state index in [1.54, 1.807) is 36.3 Å². The van der Waals surface area contributed by atoms with E-state index in [-0.39, 0.29) is 30.2 Å². The van der Waals surface area contributed by atoms with Crippen LogP contribution in [-0.4, -0.2) is 57.6 Å². The molecule has 3 aromatic rings. The number of hydrogen-bond acceptors (Lipinski definition) is 9. The summed E-state index contributed by atoms with van der Waals surface area (Å²) in [6.45, 7) is 2.54. The summed E-state index contributed by atoms with van der Waals surface area (Å²) in [5.41, 5.74) is 1.63. The van der Waals surface area contributed by atoms with E-state index < -0.39 is 5.76 Å². The van der Waals surface area contributed by atoms with Crippen LogP contribution in [0.4, 0.5) is 17.5 Å². The van der Waals surface area contributed by atoms with Gasteiger partial charge in [0.1, 0.15) is 17.9 Å². The Balaban J connectivity index is 1.54. The molecule has 5 rings (SSSR count). The van der Waals surface area contributed by atoms with Gasteiger partial charge < -0.3 is 19.5 Å². The number of amides is 1. The van der Waals surface area contributed by atoms with Crippen molar-refractivity contribution in [2.24, 2.45) is 0 Å². The number of rotatable bonds is 5. The Kier molecular flexibility index (Phi) is 5.15. The largest absolute Gasteiger partial charge is 0.437 e. The van der Waals surface area contributed by atoms with E-state index >= 15 is 0 Å². The number of nitrogens with one attached hydrogen (secondary N) is 1. The first-order valence-corrected chi connectivity index (χ1v) is 10.8. The summed E-state index contributed by atoms with van der Waals surface area (Å²) in [5.74, 6) is 0.111. The summed E-state index contributed by atoms with van der Waals surface area (Å²) in [7, 11) is 1.75. The van der Waals surface area contributed by atoms with E-state index in [1.165, 1.54) is 6.92 Å². The molecule has 2 aliphatic heterocycles. The zero-order valence-electron chi connectivity index (χ0n) is 18.3. The molecule has 0 spiro atoms. The van der Waals surface area contributed by atoms with Gasteiger partial charge in [-0.25, -0.2) is 9.78 Å². The predicted molar refractivity (Wildman–Crippen MR) is 121 cm³/mol. The number of ketones is 1. The van der Waals surface area contributed by atoms with Gasteiger partial charge in [0.25, 0.3) is 5.91 Å². The highest BCUT2D eigenvalue weighted by Crippen LogP contribution is 2.34. The van der Waals surface area contributed by atoms with Crippen molar-refractivity contribution in [3.63, 3.8) is 0 Å². The van der Waals surface area contributed by atoms with Crippen molar-refractivity contribution in [1.29, 1.82) is 0 Å². The fourth-order valence-electron chi connectivity index (χ4n) is 4.37. The van der Waals surface area contributed by atoms with Crippen molar-refractivity contribution in [3.8, 4) is 11.5 Å². The highest BCUT2D eigenvalue weighted by atomic mass is 16.4. The Bertz CT molecular complexity index is 1300. The van der Waals surface area contributed by atoms with E-state index in [9.17, 15) is 14.4 Å². The van der Waals surface area contributed by atoms with Gasteiger partial charge in [0.05, 0.1) is 0 Å². The lowest BCUT2D eigenvalue weighted by molar-refractivity contribution is -0.117. The van der Waals surface area contributed by atoms with Gasteiger partial charge in [-0.1, -0.05) is 6.07 Å². The predicted octanol–water partition coefficient (Wildman–Crippen LogP) is 1.55. The third kappa shape index (κ3) is 3.75. The Morgan fingerprint density at radius 2 is 2.15 bits per heavy atom. The molecular weight excluding hydrogens is 426 g/mol. The van der Waals surface area contributed by atoms with Gasteiger partial charge in [-0.15, -0.1) is 5.10 Å². The van der Waals surface area contributed by atoms with Crippen LogP contribution in [0.2, 0.25) is 0 Å². The van der Waals surface area contributed by atoms with Gasteiger partial charge in [-0.05, 0) is 38.0 Å². The lowest BCUT2D eigenvalue weighted by Crippen LogP contribution is -2.39. The third-order valence-electron chi connectivity index (χ3n) is 5.89. The fraction of sp³-hybridized carbons (Fsp3) is 0.364. The molecule has 1 aromatic carbocycles. The lowest BCUT2D eigenvalue weighted by atomic mass is 10.1. The molecule has 2 aliphatic rings. The van der Waals surface area contributed by atoms with E-state index in [2.05, 4.69) is 25.3 Å². The Morgan fingerprint density at radius 1 is 1.30 bits per heavy atom. The second-order valence-corrected chi connectivity index (χ2v) is 8.17. The van der Waals surface area contributed by atoms with E-state index in [1.807, 2.05) is 6.07 Å².